The number of amides is 2. The Morgan fingerprint density at radius 1 is 1.22 bits per heavy atom. The molecule has 0 atom stereocenters. The highest BCUT2D eigenvalue weighted by Crippen LogP contribution is 2.19. The van der Waals surface area contributed by atoms with Gasteiger partial charge in [0, 0.05) is 10.7 Å². The van der Waals surface area contributed by atoms with Crippen LogP contribution in [-0.4, -0.2) is 19.2 Å². The van der Waals surface area contributed by atoms with E-state index in [4.69, 9.17) is 16.3 Å². The fourth-order valence-electron chi connectivity index (χ4n) is 2.12. The number of carbonyl (C=O) groups is 1. The second kappa shape index (κ2) is 8.44. The number of benzene rings is 2. The second-order valence-electron chi connectivity index (χ2n) is 5.19. The molecule has 2 N–H and O–H groups in total. The van der Waals surface area contributed by atoms with Crippen molar-refractivity contribution in [3.8, 4) is 5.75 Å². The number of urea groups is 1. The number of nitrogens with one attached hydrogen (secondary N) is 2. The van der Waals surface area contributed by atoms with Gasteiger partial charge in [-0.15, -0.1) is 0 Å². The van der Waals surface area contributed by atoms with E-state index >= 15 is 0 Å². The smallest absolute Gasteiger partial charge is 0.319 e. The lowest BCUT2D eigenvalue weighted by atomic mass is 10.2. The Kier molecular flexibility index (Phi) is 6.29. The van der Waals surface area contributed by atoms with Crippen molar-refractivity contribution in [1.29, 1.82) is 0 Å². The first-order chi connectivity index (χ1) is 11.1. The monoisotopic (exact) mass is 332 g/mol. The molecule has 0 fully saturated rings. The number of halogens is 1. The molecule has 0 aliphatic rings. The fourth-order valence-corrected chi connectivity index (χ4v) is 2.35. The van der Waals surface area contributed by atoms with Crippen LogP contribution in [0.3, 0.4) is 0 Å². The zero-order chi connectivity index (χ0) is 16.7. The molecule has 0 aliphatic carbocycles. The summed E-state index contributed by atoms with van der Waals surface area (Å²) in [6, 6.07) is 13.0. The zero-order valence-electron chi connectivity index (χ0n) is 13.4. The van der Waals surface area contributed by atoms with Crippen molar-refractivity contribution >= 4 is 23.3 Å². The Morgan fingerprint density at radius 2 is 2.04 bits per heavy atom. The van der Waals surface area contributed by atoms with Crippen molar-refractivity contribution in [2.75, 3.05) is 18.5 Å². The summed E-state index contributed by atoms with van der Waals surface area (Å²) in [5.41, 5.74) is 2.88. The van der Waals surface area contributed by atoms with E-state index < -0.39 is 0 Å². The summed E-state index contributed by atoms with van der Waals surface area (Å²) in [5.74, 6) is 0.820. The first kappa shape index (κ1) is 17.2. The van der Waals surface area contributed by atoms with Crippen molar-refractivity contribution in [3.05, 3.63) is 58.6 Å². The summed E-state index contributed by atoms with van der Waals surface area (Å²) in [7, 11) is 0. The third-order valence-electron chi connectivity index (χ3n) is 3.40. The van der Waals surface area contributed by atoms with Crippen LogP contribution in [0.25, 0.3) is 0 Å². The van der Waals surface area contributed by atoms with Crippen LogP contribution in [0.4, 0.5) is 10.5 Å². The summed E-state index contributed by atoms with van der Waals surface area (Å²) >= 11 is 5.89. The van der Waals surface area contributed by atoms with E-state index in [9.17, 15) is 4.79 Å². The molecule has 5 heteroatoms. The van der Waals surface area contributed by atoms with Crippen molar-refractivity contribution in [1.82, 2.24) is 5.32 Å². The minimum atomic E-state index is -0.263. The average molecular weight is 333 g/mol. The Balaban J connectivity index is 1.74. The van der Waals surface area contributed by atoms with Crippen LogP contribution in [0, 0.1) is 6.92 Å². The molecule has 0 aromatic heterocycles. The summed E-state index contributed by atoms with van der Waals surface area (Å²) in [6.45, 7) is 4.84. The Morgan fingerprint density at radius 3 is 2.78 bits per heavy atom. The molecule has 4 nitrogen and oxygen atoms in total. The first-order valence-corrected chi connectivity index (χ1v) is 7.99. The highest BCUT2D eigenvalue weighted by atomic mass is 35.5. The van der Waals surface area contributed by atoms with Crippen LogP contribution in [0.5, 0.6) is 5.75 Å². The predicted octanol–water partition coefficient (Wildman–Crippen LogP) is 4.41. The van der Waals surface area contributed by atoms with E-state index in [0.29, 0.717) is 18.2 Å². The third kappa shape index (κ3) is 5.49. The molecular formula is C18H21ClN2O2. The second-order valence-corrected chi connectivity index (χ2v) is 5.63. The molecule has 0 bridgehead atoms. The molecule has 2 aromatic carbocycles. The number of anilines is 1. The minimum absolute atomic E-state index is 0.263. The number of hydrogen-bond donors (Lipinski definition) is 2. The molecule has 0 aliphatic heterocycles. The lowest BCUT2D eigenvalue weighted by molar-refractivity contribution is 0.247. The normalized spacial score (nSPS) is 10.2. The minimum Gasteiger partial charge on any atom is -0.492 e. The maximum Gasteiger partial charge on any atom is 0.319 e. The average Bonchev–Trinajstić information content (AvgIpc) is 2.54. The van der Waals surface area contributed by atoms with E-state index in [2.05, 4.69) is 23.6 Å². The molecule has 0 spiro atoms. The lowest BCUT2D eigenvalue weighted by Gasteiger charge is -2.11. The molecule has 0 saturated heterocycles. The molecule has 0 saturated carbocycles. The number of ether oxygens (including phenoxy) is 1. The molecule has 0 unspecified atom stereocenters. The van der Waals surface area contributed by atoms with Crippen LogP contribution in [0.15, 0.2) is 42.5 Å². The molecule has 2 amide bonds. The number of aryl methyl sites for hydroxylation is 2. The molecule has 0 heterocycles. The largest absolute Gasteiger partial charge is 0.492 e. The number of hydrogen-bond acceptors (Lipinski definition) is 2. The maximum atomic E-state index is 11.9. The third-order valence-corrected chi connectivity index (χ3v) is 3.63. The number of carbonyl (C=O) groups excluding carboxylic acids is 1. The molecule has 122 valence electrons. The Labute approximate surface area is 141 Å². The van der Waals surface area contributed by atoms with Gasteiger partial charge in [-0.2, -0.15) is 0 Å². The molecular weight excluding hydrogens is 312 g/mol. The Hall–Kier alpha value is -2.20. The fraction of sp³-hybridized carbons (Fsp3) is 0.278. The molecule has 2 aromatic rings. The van der Waals surface area contributed by atoms with Crippen molar-refractivity contribution < 1.29 is 9.53 Å². The quantitative estimate of drug-likeness (QED) is 0.770. The van der Waals surface area contributed by atoms with Gasteiger partial charge in [0.1, 0.15) is 12.4 Å². The topological polar surface area (TPSA) is 50.4 Å². The van der Waals surface area contributed by atoms with Crippen LogP contribution < -0.4 is 15.4 Å². The van der Waals surface area contributed by atoms with Gasteiger partial charge in [-0.3, -0.25) is 0 Å². The Bertz CT molecular complexity index is 674. The van der Waals surface area contributed by atoms with E-state index in [1.54, 1.807) is 18.2 Å². The highest BCUT2D eigenvalue weighted by Gasteiger charge is 2.04. The van der Waals surface area contributed by atoms with Gasteiger partial charge in [0.25, 0.3) is 0 Å². The number of rotatable bonds is 6. The lowest BCUT2D eigenvalue weighted by Crippen LogP contribution is -2.32. The van der Waals surface area contributed by atoms with E-state index in [0.717, 1.165) is 23.4 Å². The van der Waals surface area contributed by atoms with Gasteiger partial charge in [0.2, 0.25) is 0 Å². The molecule has 0 radical (unpaired) electrons. The van der Waals surface area contributed by atoms with Gasteiger partial charge in [0.05, 0.1) is 6.54 Å². The van der Waals surface area contributed by atoms with Gasteiger partial charge in [-0.25, -0.2) is 4.79 Å². The van der Waals surface area contributed by atoms with Crippen LogP contribution in [0.2, 0.25) is 5.02 Å². The van der Waals surface area contributed by atoms with Gasteiger partial charge in [-0.1, -0.05) is 30.7 Å². The molecule has 2 rings (SSSR count). The van der Waals surface area contributed by atoms with Crippen molar-refractivity contribution in [2.45, 2.75) is 20.3 Å². The maximum absolute atomic E-state index is 11.9. The van der Waals surface area contributed by atoms with Crippen molar-refractivity contribution in [2.24, 2.45) is 0 Å². The van der Waals surface area contributed by atoms with E-state index in [1.165, 1.54) is 5.56 Å². The van der Waals surface area contributed by atoms with Crippen LogP contribution in [0.1, 0.15) is 18.1 Å². The van der Waals surface area contributed by atoms with E-state index in [1.807, 2.05) is 25.1 Å². The van der Waals surface area contributed by atoms with Gasteiger partial charge >= 0.3 is 6.03 Å². The van der Waals surface area contributed by atoms with Crippen LogP contribution in [-0.2, 0) is 6.42 Å². The van der Waals surface area contributed by atoms with Gasteiger partial charge in [-0.05, 0) is 54.8 Å². The zero-order valence-corrected chi connectivity index (χ0v) is 14.1. The summed E-state index contributed by atoms with van der Waals surface area (Å²) in [6.07, 6.45) is 0.971. The summed E-state index contributed by atoms with van der Waals surface area (Å²) in [4.78, 5) is 11.9. The summed E-state index contributed by atoms with van der Waals surface area (Å²) in [5, 5.41) is 6.20. The van der Waals surface area contributed by atoms with Gasteiger partial charge in [0.15, 0.2) is 0 Å². The first-order valence-electron chi connectivity index (χ1n) is 7.61. The van der Waals surface area contributed by atoms with Gasteiger partial charge < -0.3 is 15.4 Å². The van der Waals surface area contributed by atoms with E-state index in [-0.39, 0.29) is 6.03 Å². The molecule has 23 heavy (non-hydrogen) atoms. The SMILES string of the molecule is CCc1cccc(OCCNC(=O)Nc2ccc(Cl)cc2C)c1. The predicted molar refractivity (Wildman–Crippen MR) is 94.5 cm³/mol. The van der Waals surface area contributed by atoms with Crippen LogP contribution >= 0.6 is 11.6 Å². The standard InChI is InChI=1S/C18H21ClN2O2/c1-3-14-5-4-6-16(12-14)23-10-9-20-18(22)21-17-8-7-15(19)11-13(17)2/h4-8,11-12H,3,9-10H2,1-2H3,(H2,20,21,22). The summed E-state index contributed by atoms with van der Waals surface area (Å²) < 4.78 is 5.63. The van der Waals surface area contributed by atoms with Crippen molar-refractivity contribution in [3.63, 3.8) is 0 Å². The highest BCUT2D eigenvalue weighted by molar-refractivity contribution is 6.30.